The Bertz CT molecular complexity index is 444. The molecule has 0 fully saturated rings. The summed E-state index contributed by atoms with van der Waals surface area (Å²) < 4.78 is 15.7. The van der Waals surface area contributed by atoms with Gasteiger partial charge in [-0.05, 0) is 30.7 Å². The van der Waals surface area contributed by atoms with E-state index in [2.05, 4.69) is 5.32 Å². The Labute approximate surface area is 113 Å². The average molecular weight is 265 g/mol. The van der Waals surface area contributed by atoms with Gasteiger partial charge in [-0.15, -0.1) is 0 Å². The van der Waals surface area contributed by atoms with Gasteiger partial charge in [-0.1, -0.05) is 0 Å². The number of likely N-dealkylation sites (N-methyl/N-ethyl adjacent to an activating group) is 1. The number of benzene rings is 1. The zero-order chi connectivity index (χ0) is 14.3. The molecule has 1 N–H and O–H groups in total. The highest BCUT2D eigenvalue weighted by Crippen LogP contribution is 2.38. The number of ether oxygens (including phenoxy) is 3. The Morgan fingerprint density at radius 2 is 1.74 bits per heavy atom. The molecule has 0 aromatic heterocycles. The molecule has 0 unspecified atom stereocenters. The first-order valence-electron chi connectivity index (χ1n) is 5.92. The fraction of sp³-hybridized carbons (Fsp3) is 0.357. The van der Waals surface area contributed by atoms with Gasteiger partial charge < -0.3 is 19.5 Å². The molecule has 0 bridgehead atoms. The van der Waals surface area contributed by atoms with Crippen molar-refractivity contribution in [3.05, 3.63) is 23.8 Å². The van der Waals surface area contributed by atoms with Gasteiger partial charge in [0.15, 0.2) is 11.5 Å². The monoisotopic (exact) mass is 265 g/mol. The molecule has 19 heavy (non-hydrogen) atoms. The summed E-state index contributed by atoms with van der Waals surface area (Å²) >= 11 is 0. The van der Waals surface area contributed by atoms with Gasteiger partial charge in [0.2, 0.25) is 11.7 Å². The van der Waals surface area contributed by atoms with Crippen LogP contribution in [-0.2, 0) is 4.79 Å². The normalized spacial score (nSPS) is 10.3. The van der Waals surface area contributed by atoms with Crippen molar-refractivity contribution < 1.29 is 19.0 Å². The number of methoxy groups -OCH3 is 3. The molecule has 1 amide bonds. The molecule has 1 aromatic rings. The Hall–Kier alpha value is -2.17. The molecular weight excluding hydrogens is 246 g/mol. The lowest BCUT2D eigenvalue weighted by Crippen LogP contribution is -2.19. The number of hydrogen-bond donors (Lipinski definition) is 1. The van der Waals surface area contributed by atoms with Crippen LogP contribution in [0.2, 0.25) is 0 Å². The third-order valence-electron chi connectivity index (χ3n) is 2.47. The van der Waals surface area contributed by atoms with Crippen LogP contribution in [0.5, 0.6) is 17.2 Å². The highest BCUT2D eigenvalue weighted by Gasteiger charge is 2.11. The first-order chi connectivity index (χ1) is 9.15. The molecule has 5 nitrogen and oxygen atoms in total. The van der Waals surface area contributed by atoms with Crippen molar-refractivity contribution in [2.45, 2.75) is 6.92 Å². The van der Waals surface area contributed by atoms with Crippen molar-refractivity contribution in [1.29, 1.82) is 0 Å². The summed E-state index contributed by atoms with van der Waals surface area (Å²) in [5.74, 6) is 1.49. The van der Waals surface area contributed by atoms with Crippen molar-refractivity contribution >= 4 is 12.0 Å². The average Bonchev–Trinajstić information content (AvgIpc) is 2.44. The van der Waals surface area contributed by atoms with E-state index >= 15 is 0 Å². The third kappa shape index (κ3) is 3.91. The molecule has 0 atom stereocenters. The maximum absolute atomic E-state index is 11.4. The second kappa shape index (κ2) is 7.31. The van der Waals surface area contributed by atoms with Crippen molar-refractivity contribution in [1.82, 2.24) is 5.32 Å². The third-order valence-corrected chi connectivity index (χ3v) is 2.47. The lowest BCUT2D eigenvalue weighted by atomic mass is 10.1. The summed E-state index contributed by atoms with van der Waals surface area (Å²) in [6.45, 7) is 2.46. The molecule has 0 spiro atoms. The second-order valence-electron chi connectivity index (χ2n) is 3.69. The molecule has 0 saturated heterocycles. The van der Waals surface area contributed by atoms with Crippen LogP contribution in [0.1, 0.15) is 12.5 Å². The van der Waals surface area contributed by atoms with Crippen LogP contribution in [0.3, 0.4) is 0 Å². The molecule has 1 aromatic carbocycles. The summed E-state index contributed by atoms with van der Waals surface area (Å²) in [6, 6.07) is 3.55. The molecule has 0 aliphatic heterocycles. The van der Waals surface area contributed by atoms with Crippen molar-refractivity contribution in [2.75, 3.05) is 27.9 Å². The molecule has 104 valence electrons. The second-order valence-corrected chi connectivity index (χ2v) is 3.69. The summed E-state index contributed by atoms with van der Waals surface area (Å²) in [6.07, 6.45) is 3.15. The number of carbonyl (C=O) groups excluding carboxylic acids is 1. The van der Waals surface area contributed by atoms with Gasteiger partial charge in [0.05, 0.1) is 21.3 Å². The molecule has 0 saturated carbocycles. The van der Waals surface area contributed by atoms with E-state index in [9.17, 15) is 4.79 Å². The Morgan fingerprint density at radius 3 is 2.16 bits per heavy atom. The van der Waals surface area contributed by atoms with Gasteiger partial charge in [0, 0.05) is 12.6 Å². The summed E-state index contributed by atoms with van der Waals surface area (Å²) in [5, 5.41) is 2.68. The minimum atomic E-state index is -0.142. The minimum absolute atomic E-state index is 0.142. The van der Waals surface area contributed by atoms with E-state index in [0.29, 0.717) is 23.8 Å². The number of rotatable bonds is 6. The first kappa shape index (κ1) is 14.9. The smallest absolute Gasteiger partial charge is 0.243 e. The molecular formula is C14H19NO4. The van der Waals surface area contributed by atoms with Gasteiger partial charge in [-0.2, -0.15) is 0 Å². The van der Waals surface area contributed by atoms with E-state index in [1.165, 1.54) is 6.08 Å². The molecule has 1 rings (SSSR count). The summed E-state index contributed by atoms with van der Waals surface area (Å²) in [5.41, 5.74) is 0.792. The lowest BCUT2D eigenvalue weighted by molar-refractivity contribution is -0.116. The number of hydrogen-bond acceptors (Lipinski definition) is 4. The quantitative estimate of drug-likeness (QED) is 0.798. The van der Waals surface area contributed by atoms with Crippen molar-refractivity contribution in [3.8, 4) is 17.2 Å². The Kier molecular flexibility index (Phi) is 5.73. The van der Waals surface area contributed by atoms with E-state index in [1.807, 2.05) is 6.92 Å². The SMILES string of the molecule is CCNC(=O)C=Cc1cc(OC)c(OC)c(OC)c1. The molecule has 0 heterocycles. The maximum Gasteiger partial charge on any atom is 0.243 e. The van der Waals surface area contributed by atoms with Crippen LogP contribution in [0.4, 0.5) is 0 Å². The largest absolute Gasteiger partial charge is 0.493 e. The van der Waals surface area contributed by atoms with Crippen LogP contribution in [0.25, 0.3) is 6.08 Å². The maximum atomic E-state index is 11.4. The minimum Gasteiger partial charge on any atom is -0.493 e. The topological polar surface area (TPSA) is 56.8 Å². The fourth-order valence-corrected chi connectivity index (χ4v) is 1.60. The zero-order valence-electron chi connectivity index (χ0n) is 11.6. The summed E-state index contributed by atoms with van der Waals surface area (Å²) in [4.78, 5) is 11.4. The first-order valence-corrected chi connectivity index (χ1v) is 5.92. The van der Waals surface area contributed by atoms with Crippen LogP contribution >= 0.6 is 0 Å². The molecule has 0 aliphatic rings. The van der Waals surface area contributed by atoms with E-state index in [1.54, 1.807) is 39.5 Å². The van der Waals surface area contributed by atoms with Crippen molar-refractivity contribution in [3.63, 3.8) is 0 Å². The van der Waals surface area contributed by atoms with E-state index in [0.717, 1.165) is 5.56 Å². The van der Waals surface area contributed by atoms with Crippen LogP contribution in [0.15, 0.2) is 18.2 Å². The van der Waals surface area contributed by atoms with Gasteiger partial charge >= 0.3 is 0 Å². The lowest BCUT2D eigenvalue weighted by Gasteiger charge is -2.12. The van der Waals surface area contributed by atoms with Crippen LogP contribution in [0, 0.1) is 0 Å². The van der Waals surface area contributed by atoms with Gasteiger partial charge in [0.1, 0.15) is 0 Å². The van der Waals surface area contributed by atoms with E-state index in [4.69, 9.17) is 14.2 Å². The van der Waals surface area contributed by atoms with E-state index < -0.39 is 0 Å². The molecule has 0 aliphatic carbocycles. The molecule has 5 heteroatoms. The number of nitrogens with one attached hydrogen (secondary N) is 1. The number of carbonyl (C=O) groups is 1. The van der Waals surface area contributed by atoms with Gasteiger partial charge in [-0.25, -0.2) is 0 Å². The standard InChI is InChI=1S/C14H19NO4/c1-5-15-13(16)7-6-10-8-11(17-2)14(19-4)12(9-10)18-3/h6-9H,5H2,1-4H3,(H,15,16). The predicted octanol–water partition coefficient (Wildman–Crippen LogP) is 1.86. The molecule has 0 radical (unpaired) electrons. The van der Waals surface area contributed by atoms with Crippen molar-refractivity contribution in [2.24, 2.45) is 0 Å². The van der Waals surface area contributed by atoms with Crippen LogP contribution < -0.4 is 19.5 Å². The summed E-state index contributed by atoms with van der Waals surface area (Å²) in [7, 11) is 4.65. The van der Waals surface area contributed by atoms with E-state index in [-0.39, 0.29) is 5.91 Å². The highest BCUT2D eigenvalue weighted by molar-refractivity contribution is 5.91. The van der Waals surface area contributed by atoms with Gasteiger partial charge in [0.25, 0.3) is 0 Å². The van der Waals surface area contributed by atoms with Gasteiger partial charge in [-0.3, -0.25) is 4.79 Å². The Morgan fingerprint density at radius 1 is 1.16 bits per heavy atom. The fourth-order valence-electron chi connectivity index (χ4n) is 1.60. The van der Waals surface area contributed by atoms with Crippen LogP contribution in [-0.4, -0.2) is 33.8 Å². The Balaban J connectivity index is 3.06. The predicted molar refractivity (Wildman–Crippen MR) is 73.8 cm³/mol. The zero-order valence-corrected chi connectivity index (χ0v) is 11.6. The highest BCUT2D eigenvalue weighted by atomic mass is 16.5. The number of amides is 1.